The predicted octanol–water partition coefficient (Wildman–Crippen LogP) is 9.44. The molecule has 3 amide bonds. The SMILES string of the molecule is Cc1nccc(-c2ccc(CC(NC(=O)C3Cc4cc5c(cc4CN3C(=O)N(CCCF)CCCF)OC(c3ccc(OCc4ccc(Cl)c(Cl)c4)cc3)CO5)C(=O)O)cc2)c1C. The number of carboxylic acids is 1. The highest BCUT2D eigenvalue weighted by molar-refractivity contribution is 6.42. The number of nitrogens with zero attached hydrogens (tertiary/aromatic N) is 3. The Hall–Kier alpha value is -5.92. The highest BCUT2D eigenvalue weighted by atomic mass is 35.5. The zero-order valence-electron chi connectivity index (χ0n) is 34.9. The maximum absolute atomic E-state index is 14.3. The fraction of sp³-hybridized carbons (Fsp3) is 0.333. The molecule has 1 aromatic heterocycles. The molecule has 15 heteroatoms. The summed E-state index contributed by atoms with van der Waals surface area (Å²) in [6, 6.07) is 22.7. The maximum Gasteiger partial charge on any atom is 0.326 e. The smallest absolute Gasteiger partial charge is 0.326 e. The molecule has 63 heavy (non-hydrogen) atoms. The largest absolute Gasteiger partial charge is 0.489 e. The van der Waals surface area contributed by atoms with Crippen LogP contribution >= 0.6 is 23.2 Å². The van der Waals surface area contributed by atoms with Gasteiger partial charge in [-0.05, 0) is 114 Å². The van der Waals surface area contributed by atoms with Gasteiger partial charge >= 0.3 is 12.0 Å². The summed E-state index contributed by atoms with van der Waals surface area (Å²) in [4.78, 5) is 48.2. The summed E-state index contributed by atoms with van der Waals surface area (Å²) in [6.07, 6.45) is 1.35. The molecule has 3 heterocycles. The van der Waals surface area contributed by atoms with E-state index in [2.05, 4.69) is 10.3 Å². The van der Waals surface area contributed by atoms with E-state index in [-0.39, 0.29) is 51.9 Å². The zero-order chi connectivity index (χ0) is 44.6. The number of aromatic nitrogens is 1. The summed E-state index contributed by atoms with van der Waals surface area (Å²) >= 11 is 12.2. The topological polar surface area (TPSA) is 131 Å². The molecule has 0 bridgehead atoms. The second kappa shape index (κ2) is 20.5. The Labute approximate surface area is 374 Å². The number of nitrogens with one attached hydrogen (secondary N) is 1. The van der Waals surface area contributed by atoms with Crippen molar-refractivity contribution in [3.63, 3.8) is 0 Å². The number of aryl methyl sites for hydroxylation is 1. The molecule has 0 saturated carbocycles. The van der Waals surface area contributed by atoms with Crippen LogP contribution in [0.15, 0.2) is 91.1 Å². The molecule has 0 radical (unpaired) electrons. The molecule has 0 aliphatic carbocycles. The van der Waals surface area contributed by atoms with Crippen molar-refractivity contribution >= 4 is 41.1 Å². The lowest BCUT2D eigenvalue weighted by atomic mass is 9.92. The number of benzene rings is 4. The van der Waals surface area contributed by atoms with E-state index < -0.39 is 49.4 Å². The average Bonchev–Trinajstić information content (AvgIpc) is 3.29. The molecule has 3 atom stereocenters. The summed E-state index contributed by atoms with van der Waals surface area (Å²) in [7, 11) is 0. The number of halogens is 4. The molecule has 7 rings (SSSR count). The minimum absolute atomic E-state index is 0.0135. The van der Waals surface area contributed by atoms with Gasteiger partial charge in [0.05, 0.1) is 23.4 Å². The summed E-state index contributed by atoms with van der Waals surface area (Å²) in [5.41, 5.74) is 7.71. The van der Waals surface area contributed by atoms with Crippen molar-refractivity contribution in [3.8, 4) is 28.4 Å². The molecule has 0 fully saturated rings. The lowest BCUT2D eigenvalue weighted by molar-refractivity contribution is -0.142. The van der Waals surface area contributed by atoms with Gasteiger partial charge in [0.2, 0.25) is 5.91 Å². The summed E-state index contributed by atoms with van der Waals surface area (Å²) in [5.74, 6) is -0.368. The highest BCUT2D eigenvalue weighted by Crippen LogP contribution is 2.41. The van der Waals surface area contributed by atoms with Crippen molar-refractivity contribution in [3.05, 3.63) is 140 Å². The Morgan fingerprint density at radius 3 is 2.29 bits per heavy atom. The molecular formula is C48H48Cl2F2N4O7. The lowest BCUT2D eigenvalue weighted by Gasteiger charge is -2.40. The predicted molar refractivity (Wildman–Crippen MR) is 236 cm³/mol. The first-order valence-corrected chi connectivity index (χ1v) is 21.5. The van der Waals surface area contributed by atoms with E-state index in [1.807, 2.05) is 74.5 Å². The number of alkyl halides is 2. The monoisotopic (exact) mass is 900 g/mol. The number of carbonyl (C=O) groups is 3. The van der Waals surface area contributed by atoms with Crippen molar-refractivity contribution in [2.75, 3.05) is 33.0 Å². The molecule has 2 aliphatic heterocycles. The molecule has 330 valence electrons. The van der Waals surface area contributed by atoms with E-state index in [4.69, 9.17) is 37.4 Å². The third-order valence-corrected chi connectivity index (χ3v) is 12.2. The van der Waals surface area contributed by atoms with E-state index in [1.165, 1.54) is 9.80 Å². The Bertz CT molecular complexity index is 2430. The van der Waals surface area contributed by atoms with Crippen LogP contribution < -0.4 is 19.5 Å². The van der Waals surface area contributed by atoms with Gasteiger partial charge in [-0.25, -0.2) is 9.59 Å². The average molecular weight is 902 g/mol. The van der Waals surface area contributed by atoms with E-state index >= 15 is 0 Å². The van der Waals surface area contributed by atoms with Gasteiger partial charge in [0.15, 0.2) is 17.6 Å². The van der Waals surface area contributed by atoms with Gasteiger partial charge in [-0.2, -0.15) is 0 Å². The fourth-order valence-corrected chi connectivity index (χ4v) is 8.11. The van der Waals surface area contributed by atoms with Crippen LogP contribution in [0.5, 0.6) is 17.2 Å². The van der Waals surface area contributed by atoms with Crippen LogP contribution in [-0.2, 0) is 35.6 Å². The third-order valence-electron chi connectivity index (χ3n) is 11.4. The minimum atomic E-state index is -1.32. The molecule has 2 N–H and O–H groups in total. The van der Waals surface area contributed by atoms with Crippen LogP contribution in [0.4, 0.5) is 13.6 Å². The molecule has 2 aliphatic rings. The van der Waals surface area contributed by atoms with Crippen LogP contribution in [0, 0.1) is 13.8 Å². The summed E-state index contributed by atoms with van der Waals surface area (Å²) < 4.78 is 45.4. The number of carbonyl (C=O) groups excluding carboxylic acids is 2. The van der Waals surface area contributed by atoms with Gasteiger partial charge < -0.3 is 34.4 Å². The molecule has 4 aromatic carbocycles. The van der Waals surface area contributed by atoms with Crippen molar-refractivity contribution in [2.24, 2.45) is 0 Å². The zero-order valence-corrected chi connectivity index (χ0v) is 36.4. The number of carboxylic acid groups (broad SMARTS) is 1. The Morgan fingerprint density at radius 2 is 1.60 bits per heavy atom. The molecule has 11 nitrogen and oxygen atoms in total. The fourth-order valence-electron chi connectivity index (χ4n) is 7.79. The summed E-state index contributed by atoms with van der Waals surface area (Å²) in [6.45, 7) is 3.04. The molecule has 3 unspecified atom stereocenters. The van der Waals surface area contributed by atoms with Gasteiger partial charge in [0, 0.05) is 44.4 Å². The van der Waals surface area contributed by atoms with Crippen molar-refractivity contribution in [2.45, 2.75) is 70.9 Å². The van der Waals surface area contributed by atoms with E-state index in [0.29, 0.717) is 50.6 Å². The van der Waals surface area contributed by atoms with Gasteiger partial charge in [-0.15, -0.1) is 0 Å². The lowest BCUT2D eigenvalue weighted by Crippen LogP contribution is -2.58. The van der Waals surface area contributed by atoms with E-state index in [9.17, 15) is 28.3 Å². The normalized spacial score (nSPS) is 15.9. The van der Waals surface area contributed by atoms with Crippen molar-refractivity contribution in [1.82, 2.24) is 20.1 Å². The first-order chi connectivity index (χ1) is 30.4. The maximum atomic E-state index is 14.3. The number of hydrogen-bond donors (Lipinski definition) is 2. The molecule has 5 aromatic rings. The van der Waals surface area contributed by atoms with Crippen molar-refractivity contribution < 1.29 is 42.5 Å². The van der Waals surface area contributed by atoms with Crippen LogP contribution in [0.25, 0.3) is 11.1 Å². The van der Waals surface area contributed by atoms with Crippen molar-refractivity contribution in [1.29, 1.82) is 0 Å². The summed E-state index contributed by atoms with van der Waals surface area (Å²) in [5, 5.41) is 13.9. The van der Waals surface area contributed by atoms with Crippen LogP contribution in [0.3, 0.4) is 0 Å². The molecule has 0 saturated heterocycles. The van der Waals surface area contributed by atoms with Crippen LogP contribution in [0.2, 0.25) is 10.0 Å². The first-order valence-electron chi connectivity index (χ1n) is 20.8. The highest BCUT2D eigenvalue weighted by Gasteiger charge is 2.39. The first kappa shape index (κ1) is 45.1. The quantitative estimate of drug-likeness (QED) is 0.100. The number of fused-ring (bicyclic) bond motifs is 2. The number of ether oxygens (including phenoxy) is 3. The van der Waals surface area contributed by atoms with E-state index in [0.717, 1.165) is 33.5 Å². The van der Waals surface area contributed by atoms with Gasteiger partial charge in [0.1, 0.15) is 31.0 Å². The third kappa shape index (κ3) is 10.8. The number of pyridine rings is 1. The van der Waals surface area contributed by atoms with Gasteiger partial charge in [-0.3, -0.25) is 18.6 Å². The van der Waals surface area contributed by atoms with E-state index in [1.54, 1.807) is 30.5 Å². The Morgan fingerprint density at radius 1 is 0.905 bits per heavy atom. The molecular weight excluding hydrogens is 853 g/mol. The Kier molecular flexibility index (Phi) is 14.7. The second-order valence-corrected chi connectivity index (χ2v) is 16.5. The number of amides is 3. The standard InChI is InChI=1S/C48H48Cl2F2N4O7/c1-29-30(2)53-18-15-38(29)33-8-5-31(6-9-33)22-41(47(58)59)54-46(57)42-23-35-24-43-44(25-36(35)26-56(42)48(60)55(19-3-16-51)20-4-17-52)63-45(28-62-43)34-10-12-37(13-11-34)61-27-32-7-14-39(49)40(50)21-32/h5-15,18,21,24-25,41-42,45H,3-4,16-17,19-20,22-23,26-28H2,1-2H3,(H,54,57)(H,58,59). The van der Waals surface area contributed by atoms with Crippen LogP contribution in [0.1, 0.15) is 58.0 Å². The number of hydrogen-bond acceptors (Lipinski definition) is 7. The number of urea groups is 1. The van der Waals surface area contributed by atoms with Gasteiger partial charge in [0.25, 0.3) is 0 Å². The Balaban J connectivity index is 1.08. The van der Waals surface area contributed by atoms with Gasteiger partial charge in [-0.1, -0.05) is 65.7 Å². The molecule has 0 spiro atoms. The van der Waals surface area contributed by atoms with Crippen LogP contribution in [-0.4, -0.2) is 82.9 Å². The number of rotatable bonds is 16. The minimum Gasteiger partial charge on any atom is -0.489 e. The number of aliphatic carboxylic acids is 1. The second-order valence-electron chi connectivity index (χ2n) is 15.7.